The fourth-order valence-electron chi connectivity index (χ4n) is 2.23. The molecule has 0 aliphatic heterocycles. The lowest BCUT2D eigenvalue weighted by molar-refractivity contribution is -0.384. The molecule has 0 unspecified atom stereocenters. The summed E-state index contributed by atoms with van der Waals surface area (Å²) in [6, 6.07) is 2.34. The van der Waals surface area contributed by atoms with Crippen LogP contribution in [0, 0.1) is 10.1 Å². The van der Waals surface area contributed by atoms with Crippen LogP contribution in [0.4, 0.5) is 11.4 Å². The number of carbonyl (C=O) groups is 1. The predicted octanol–water partition coefficient (Wildman–Crippen LogP) is 3.57. The zero-order valence-corrected chi connectivity index (χ0v) is 12.3. The fourth-order valence-corrected chi connectivity index (χ4v) is 2.58. The maximum absolute atomic E-state index is 11.3. The van der Waals surface area contributed by atoms with Crippen LogP contribution >= 0.6 is 11.6 Å². The SMILES string of the molecule is CCC(CC)N(C)c1c(Cl)cc([N+](=O)[O-])cc1C(=O)O. The van der Waals surface area contributed by atoms with Crippen LogP contribution < -0.4 is 4.90 Å². The lowest BCUT2D eigenvalue weighted by atomic mass is 10.1. The molecule has 0 amide bonds. The van der Waals surface area contributed by atoms with E-state index in [9.17, 15) is 20.0 Å². The Bertz CT molecular complexity index is 529. The van der Waals surface area contributed by atoms with Crippen LogP contribution in [0.2, 0.25) is 5.02 Å². The molecule has 0 saturated heterocycles. The standard InChI is InChI=1S/C13H17ClN2O4/c1-4-8(5-2)15(3)12-10(13(17)18)6-9(16(19)20)7-11(12)14/h6-8H,4-5H2,1-3H3,(H,17,18). The highest BCUT2D eigenvalue weighted by Crippen LogP contribution is 2.35. The topological polar surface area (TPSA) is 83.7 Å². The third-order valence-electron chi connectivity index (χ3n) is 3.33. The number of hydrogen-bond acceptors (Lipinski definition) is 4. The molecule has 0 aliphatic rings. The van der Waals surface area contributed by atoms with E-state index in [0.29, 0.717) is 5.69 Å². The molecule has 0 aromatic heterocycles. The molecule has 1 aromatic carbocycles. The number of nitrogens with zero attached hydrogens (tertiary/aromatic N) is 2. The zero-order chi connectivity index (χ0) is 15.4. The molecule has 1 N–H and O–H groups in total. The average molecular weight is 301 g/mol. The Hall–Kier alpha value is -1.82. The monoisotopic (exact) mass is 300 g/mol. The highest BCUT2D eigenvalue weighted by molar-refractivity contribution is 6.34. The van der Waals surface area contributed by atoms with Crippen LogP contribution in [0.3, 0.4) is 0 Å². The van der Waals surface area contributed by atoms with Gasteiger partial charge in [0.05, 0.1) is 21.2 Å². The van der Waals surface area contributed by atoms with Gasteiger partial charge in [-0.3, -0.25) is 10.1 Å². The van der Waals surface area contributed by atoms with E-state index in [-0.39, 0.29) is 22.3 Å². The summed E-state index contributed by atoms with van der Waals surface area (Å²) in [4.78, 5) is 23.3. The number of anilines is 1. The van der Waals surface area contributed by atoms with E-state index in [0.717, 1.165) is 18.9 Å². The van der Waals surface area contributed by atoms with Crippen molar-refractivity contribution in [1.82, 2.24) is 0 Å². The van der Waals surface area contributed by atoms with E-state index < -0.39 is 10.9 Å². The van der Waals surface area contributed by atoms with Crippen LogP contribution in [0.15, 0.2) is 12.1 Å². The summed E-state index contributed by atoms with van der Waals surface area (Å²) in [6.07, 6.45) is 1.64. The Kier molecular flexibility index (Phi) is 5.33. The largest absolute Gasteiger partial charge is 0.478 e. The highest BCUT2D eigenvalue weighted by Gasteiger charge is 2.25. The van der Waals surface area contributed by atoms with Gasteiger partial charge in [0, 0.05) is 25.2 Å². The Morgan fingerprint density at radius 1 is 1.45 bits per heavy atom. The Morgan fingerprint density at radius 2 is 2.00 bits per heavy atom. The fraction of sp³-hybridized carbons (Fsp3) is 0.462. The first kappa shape index (κ1) is 16.2. The molecule has 0 spiro atoms. The summed E-state index contributed by atoms with van der Waals surface area (Å²) in [7, 11) is 1.75. The Labute approximate surface area is 122 Å². The van der Waals surface area contributed by atoms with Crippen LogP contribution in [-0.2, 0) is 0 Å². The molecule has 110 valence electrons. The number of aromatic carboxylic acids is 1. The van der Waals surface area contributed by atoms with Gasteiger partial charge in [-0.05, 0) is 12.8 Å². The van der Waals surface area contributed by atoms with Gasteiger partial charge in [0.15, 0.2) is 0 Å². The van der Waals surface area contributed by atoms with Crippen molar-refractivity contribution in [2.24, 2.45) is 0 Å². The number of carboxylic acid groups (broad SMARTS) is 1. The third-order valence-corrected chi connectivity index (χ3v) is 3.62. The number of nitro benzene ring substituents is 1. The van der Waals surface area contributed by atoms with Crippen LogP contribution in [0.1, 0.15) is 37.0 Å². The predicted molar refractivity (Wildman–Crippen MR) is 77.8 cm³/mol. The number of halogens is 1. The summed E-state index contributed by atoms with van der Waals surface area (Å²) in [5, 5.41) is 20.1. The van der Waals surface area contributed by atoms with E-state index >= 15 is 0 Å². The van der Waals surface area contributed by atoms with Crippen molar-refractivity contribution < 1.29 is 14.8 Å². The summed E-state index contributed by atoms with van der Waals surface area (Å²) >= 11 is 6.07. The van der Waals surface area contributed by atoms with E-state index in [1.807, 2.05) is 13.8 Å². The van der Waals surface area contributed by atoms with Crippen molar-refractivity contribution in [2.45, 2.75) is 32.7 Å². The first-order chi connectivity index (χ1) is 9.33. The van der Waals surface area contributed by atoms with Crippen molar-refractivity contribution in [1.29, 1.82) is 0 Å². The van der Waals surface area contributed by atoms with Crippen molar-refractivity contribution in [3.63, 3.8) is 0 Å². The maximum atomic E-state index is 11.3. The normalized spacial score (nSPS) is 10.7. The Balaban J connectivity index is 3.45. The minimum Gasteiger partial charge on any atom is -0.478 e. The molecule has 1 aromatic rings. The lowest BCUT2D eigenvalue weighted by Crippen LogP contribution is -2.32. The molecule has 0 radical (unpaired) electrons. The first-order valence-corrected chi connectivity index (χ1v) is 6.65. The molecule has 0 aliphatic carbocycles. The van der Waals surface area contributed by atoms with Gasteiger partial charge >= 0.3 is 5.97 Å². The molecule has 1 rings (SSSR count). The smallest absolute Gasteiger partial charge is 0.338 e. The van der Waals surface area contributed by atoms with Crippen molar-refractivity contribution >= 4 is 28.9 Å². The molecule has 0 bridgehead atoms. The van der Waals surface area contributed by atoms with Crippen LogP contribution in [0.5, 0.6) is 0 Å². The number of non-ortho nitro benzene ring substituents is 1. The summed E-state index contributed by atoms with van der Waals surface area (Å²) in [5.41, 5.74) is -0.161. The van der Waals surface area contributed by atoms with Gasteiger partial charge in [0.2, 0.25) is 0 Å². The van der Waals surface area contributed by atoms with Gasteiger partial charge in [-0.25, -0.2) is 4.79 Å². The summed E-state index contributed by atoms with van der Waals surface area (Å²) in [5.74, 6) is -1.23. The van der Waals surface area contributed by atoms with Gasteiger partial charge in [0.25, 0.3) is 5.69 Å². The van der Waals surface area contributed by atoms with Crippen molar-refractivity contribution in [3.05, 3.63) is 32.8 Å². The maximum Gasteiger partial charge on any atom is 0.338 e. The van der Waals surface area contributed by atoms with Crippen molar-refractivity contribution in [3.8, 4) is 0 Å². The second-order valence-electron chi connectivity index (χ2n) is 4.47. The Morgan fingerprint density at radius 3 is 2.40 bits per heavy atom. The minimum atomic E-state index is -1.23. The van der Waals surface area contributed by atoms with E-state index in [1.54, 1.807) is 11.9 Å². The molecular weight excluding hydrogens is 284 g/mol. The molecule has 7 heteroatoms. The van der Waals surface area contributed by atoms with Crippen molar-refractivity contribution in [2.75, 3.05) is 11.9 Å². The highest BCUT2D eigenvalue weighted by atomic mass is 35.5. The number of benzene rings is 1. The van der Waals surface area contributed by atoms with E-state index in [4.69, 9.17) is 11.6 Å². The number of hydrogen-bond donors (Lipinski definition) is 1. The molecule has 20 heavy (non-hydrogen) atoms. The quantitative estimate of drug-likeness (QED) is 0.641. The van der Waals surface area contributed by atoms with E-state index in [2.05, 4.69) is 0 Å². The minimum absolute atomic E-state index is 0.0750. The second-order valence-corrected chi connectivity index (χ2v) is 4.87. The molecule has 0 saturated carbocycles. The molecule has 0 atom stereocenters. The van der Waals surface area contributed by atoms with Gasteiger partial charge in [-0.2, -0.15) is 0 Å². The average Bonchev–Trinajstić information content (AvgIpc) is 2.38. The van der Waals surface area contributed by atoms with Gasteiger partial charge in [-0.1, -0.05) is 25.4 Å². The van der Waals surface area contributed by atoms with Crippen LogP contribution in [-0.4, -0.2) is 29.1 Å². The lowest BCUT2D eigenvalue weighted by Gasteiger charge is -2.30. The number of nitro groups is 1. The molecule has 0 heterocycles. The van der Waals surface area contributed by atoms with Gasteiger partial charge in [0.1, 0.15) is 0 Å². The summed E-state index contributed by atoms with van der Waals surface area (Å²) in [6.45, 7) is 3.98. The third kappa shape index (κ3) is 3.19. The van der Waals surface area contributed by atoms with E-state index in [1.165, 1.54) is 6.07 Å². The first-order valence-electron chi connectivity index (χ1n) is 6.27. The number of rotatable bonds is 6. The van der Waals surface area contributed by atoms with Gasteiger partial charge < -0.3 is 10.0 Å². The van der Waals surface area contributed by atoms with Gasteiger partial charge in [-0.15, -0.1) is 0 Å². The zero-order valence-electron chi connectivity index (χ0n) is 11.6. The second kappa shape index (κ2) is 6.56. The molecular formula is C13H17ClN2O4. The molecule has 6 nitrogen and oxygen atoms in total. The van der Waals surface area contributed by atoms with Crippen LogP contribution in [0.25, 0.3) is 0 Å². The summed E-state index contributed by atoms with van der Waals surface area (Å²) < 4.78 is 0. The number of carboxylic acids is 1. The molecule has 0 fully saturated rings.